The van der Waals surface area contributed by atoms with Crippen molar-refractivity contribution in [3.63, 3.8) is 0 Å². The van der Waals surface area contributed by atoms with Gasteiger partial charge in [-0.2, -0.15) is 0 Å². The van der Waals surface area contributed by atoms with Crippen LogP contribution in [-0.2, 0) is 22.6 Å². The molecular weight excluding hydrogens is 302 g/mol. The summed E-state index contributed by atoms with van der Waals surface area (Å²) in [5.41, 5.74) is 0.963. The quantitative estimate of drug-likeness (QED) is 0.851. The molecule has 0 aliphatic rings. The minimum absolute atomic E-state index is 0.0636. The molecule has 1 heterocycles. The number of carbonyl (C=O) groups is 2. The molecule has 0 unspecified atom stereocenters. The SMILES string of the molecule is CN(Cc1ccc(OCC(=O)O)cc1)C(=O)Cc1cccs1. The zero-order chi connectivity index (χ0) is 15.9. The lowest BCUT2D eigenvalue weighted by molar-refractivity contribution is -0.139. The van der Waals surface area contributed by atoms with E-state index in [2.05, 4.69) is 0 Å². The average molecular weight is 319 g/mol. The Hall–Kier alpha value is -2.34. The van der Waals surface area contributed by atoms with Crippen LogP contribution in [0.4, 0.5) is 0 Å². The molecule has 6 heteroatoms. The van der Waals surface area contributed by atoms with Crippen LogP contribution in [0.2, 0.25) is 0 Å². The van der Waals surface area contributed by atoms with Crippen LogP contribution >= 0.6 is 11.3 Å². The summed E-state index contributed by atoms with van der Waals surface area (Å²) in [4.78, 5) is 25.2. The topological polar surface area (TPSA) is 66.8 Å². The number of carbonyl (C=O) groups excluding carboxylic acids is 1. The highest BCUT2D eigenvalue weighted by molar-refractivity contribution is 7.10. The largest absolute Gasteiger partial charge is 0.482 e. The van der Waals surface area contributed by atoms with Gasteiger partial charge in [-0.25, -0.2) is 4.79 Å². The molecule has 0 radical (unpaired) electrons. The van der Waals surface area contributed by atoms with E-state index >= 15 is 0 Å². The highest BCUT2D eigenvalue weighted by Gasteiger charge is 2.11. The molecule has 2 rings (SSSR count). The second-order valence-electron chi connectivity index (χ2n) is 4.83. The maximum Gasteiger partial charge on any atom is 0.341 e. The molecule has 2 aromatic rings. The molecule has 0 saturated heterocycles. The first-order valence-electron chi connectivity index (χ1n) is 6.74. The molecule has 5 nitrogen and oxygen atoms in total. The molecule has 1 amide bonds. The number of amides is 1. The first kappa shape index (κ1) is 16.0. The molecule has 0 fully saturated rings. The Morgan fingerprint density at radius 2 is 1.95 bits per heavy atom. The third-order valence-electron chi connectivity index (χ3n) is 3.04. The summed E-state index contributed by atoms with van der Waals surface area (Å²) in [6.07, 6.45) is 0.411. The van der Waals surface area contributed by atoms with Gasteiger partial charge in [0.1, 0.15) is 5.75 Å². The summed E-state index contributed by atoms with van der Waals surface area (Å²) in [5, 5.41) is 10.5. The highest BCUT2D eigenvalue weighted by Crippen LogP contribution is 2.15. The van der Waals surface area contributed by atoms with Crippen molar-refractivity contribution in [3.8, 4) is 5.75 Å². The number of hydrogen-bond acceptors (Lipinski definition) is 4. The lowest BCUT2D eigenvalue weighted by Crippen LogP contribution is -2.27. The minimum atomic E-state index is -1.01. The first-order chi connectivity index (χ1) is 10.5. The molecule has 1 aromatic carbocycles. The zero-order valence-electron chi connectivity index (χ0n) is 12.2. The Balaban J connectivity index is 1.86. The minimum Gasteiger partial charge on any atom is -0.482 e. The number of aliphatic carboxylic acids is 1. The van der Waals surface area contributed by atoms with Crippen LogP contribution in [0.5, 0.6) is 5.75 Å². The van der Waals surface area contributed by atoms with E-state index in [0.29, 0.717) is 18.7 Å². The number of benzene rings is 1. The standard InChI is InChI=1S/C16H17NO4S/c1-17(15(18)9-14-3-2-8-22-14)10-12-4-6-13(7-5-12)21-11-16(19)20/h2-8H,9-11H2,1H3,(H,19,20). The van der Waals surface area contributed by atoms with Crippen LogP contribution in [0.25, 0.3) is 0 Å². The normalized spacial score (nSPS) is 10.2. The van der Waals surface area contributed by atoms with Crippen molar-refractivity contribution in [1.82, 2.24) is 4.90 Å². The van der Waals surface area contributed by atoms with Crippen molar-refractivity contribution in [2.45, 2.75) is 13.0 Å². The van der Waals surface area contributed by atoms with Crippen molar-refractivity contribution in [2.75, 3.05) is 13.7 Å². The van der Waals surface area contributed by atoms with Crippen LogP contribution in [0, 0.1) is 0 Å². The molecule has 0 spiro atoms. The molecule has 1 aromatic heterocycles. The third-order valence-corrected chi connectivity index (χ3v) is 3.91. The molecule has 0 aliphatic carbocycles. The number of thiophene rings is 1. The second-order valence-corrected chi connectivity index (χ2v) is 5.86. The van der Waals surface area contributed by atoms with E-state index in [1.54, 1.807) is 35.4 Å². The van der Waals surface area contributed by atoms with E-state index in [1.165, 1.54) is 0 Å². The van der Waals surface area contributed by atoms with Crippen molar-refractivity contribution in [1.29, 1.82) is 0 Å². The summed E-state index contributed by atoms with van der Waals surface area (Å²) in [5.74, 6) is -0.449. The van der Waals surface area contributed by atoms with Gasteiger partial charge in [-0.15, -0.1) is 11.3 Å². The molecule has 22 heavy (non-hydrogen) atoms. The van der Waals surface area contributed by atoms with Gasteiger partial charge in [-0.1, -0.05) is 18.2 Å². The fourth-order valence-corrected chi connectivity index (χ4v) is 2.59. The first-order valence-corrected chi connectivity index (χ1v) is 7.62. The third kappa shape index (κ3) is 4.89. The molecule has 0 atom stereocenters. The number of rotatable bonds is 7. The lowest BCUT2D eigenvalue weighted by Gasteiger charge is -2.17. The molecule has 1 N–H and O–H groups in total. The van der Waals surface area contributed by atoms with E-state index in [-0.39, 0.29) is 12.5 Å². The number of carboxylic acid groups (broad SMARTS) is 1. The summed E-state index contributed by atoms with van der Waals surface area (Å²) in [6, 6.07) is 10.9. The fourth-order valence-electron chi connectivity index (χ4n) is 1.90. The monoisotopic (exact) mass is 319 g/mol. The number of ether oxygens (including phenoxy) is 1. The summed E-state index contributed by atoms with van der Waals surface area (Å²) in [7, 11) is 1.77. The van der Waals surface area contributed by atoms with Gasteiger partial charge >= 0.3 is 5.97 Å². The van der Waals surface area contributed by atoms with Crippen molar-refractivity contribution >= 4 is 23.2 Å². The maximum atomic E-state index is 12.1. The average Bonchev–Trinajstić information content (AvgIpc) is 2.99. The Morgan fingerprint density at radius 3 is 2.55 bits per heavy atom. The van der Waals surface area contributed by atoms with Crippen molar-refractivity contribution in [2.24, 2.45) is 0 Å². The second kappa shape index (κ2) is 7.61. The van der Waals surface area contributed by atoms with Gasteiger partial charge in [0.15, 0.2) is 6.61 Å². The van der Waals surface area contributed by atoms with E-state index in [1.807, 2.05) is 29.6 Å². The van der Waals surface area contributed by atoms with Crippen LogP contribution < -0.4 is 4.74 Å². The Bertz CT molecular complexity index is 622. The van der Waals surface area contributed by atoms with Gasteiger partial charge in [0.2, 0.25) is 5.91 Å². The van der Waals surface area contributed by atoms with E-state index < -0.39 is 5.97 Å². The van der Waals surface area contributed by atoms with Crippen molar-refractivity contribution < 1.29 is 19.4 Å². The predicted molar refractivity (Wildman–Crippen MR) is 84.1 cm³/mol. The maximum absolute atomic E-state index is 12.1. The van der Waals surface area contributed by atoms with E-state index in [0.717, 1.165) is 10.4 Å². The fraction of sp³-hybridized carbons (Fsp3) is 0.250. The van der Waals surface area contributed by atoms with Crippen LogP contribution in [0.3, 0.4) is 0 Å². The highest BCUT2D eigenvalue weighted by atomic mass is 32.1. The summed E-state index contributed by atoms with van der Waals surface area (Å²) < 4.78 is 5.07. The van der Waals surface area contributed by atoms with Gasteiger partial charge in [0, 0.05) is 18.5 Å². The Kier molecular flexibility index (Phi) is 5.55. The van der Waals surface area contributed by atoms with Crippen molar-refractivity contribution in [3.05, 3.63) is 52.2 Å². The summed E-state index contributed by atoms with van der Waals surface area (Å²) >= 11 is 1.57. The van der Waals surface area contributed by atoms with Gasteiger partial charge in [0.25, 0.3) is 0 Å². The molecule has 0 bridgehead atoms. The molecule has 116 valence electrons. The van der Waals surface area contributed by atoms with Crippen LogP contribution in [-0.4, -0.2) is 35.5 Å². The van der Waals surface area contributed by atoms with E-state index in [9.17, 15) is 9.59 Å². The smallest absolute Gasteiger partial charge is 0.341 e. The molecule has 0 aliphatic heterocycles. The van der Waals surface area contributed by atoms with Crippen LogP contribution in [0.1, 0.15) is 10.4 Å². The van der Waals surface area contributed by atoms with Gasteiger partial charge in [-0.3, -0.25) is 4.79 Å². The summed E-state index contributed by atoms with van der Waals surface area (Å²) in [6.45, 7) is 0.141. The molecule has 0 saturated carbocycles. The molecular formula is C16H17NO4S. The van der Waals surface area contributed by atoms with E-state index in [4.69, 9.17) is 9.84 Å². The number of nitrogens with zero attached hydrogens (tertiary/aromatic N) is 1. The lowest BCUT2D eigenvalue weighted by atomic mass is 10.2. The van der Waals surface area contributed by atoms with Crippen LogP contribution in [0.15, 0.2) is 41.8 Å². The van der Waals surface area contributed by atoms with Gasteiger partial charge in [0.05, 0.1) is 6.42 Å². The van der Waals surface area contributed by atoms with Gasteiger partial charge < -0.3 is 14.7 Å². The van der Waals surface area contributed by atoms with Gasteiger partial charge in [-0.05, 0) is 29.1 Å². The number of likely N-dealkylation sites (N-methyl/N-ethyl adjacent to an activating group) is 1. The zero-order valence-corrected chi connectivity index (χ0v) is 13.0. The predicted octanol–water partition coefficient (Wildman–Crippen LogP) is 2.41. The Labute approximate surface area is 132 Å². The number of hydrogen-bond donors (Lipinski definition) is 1. The Morgan fingerprint density at radius 1 is 1.23 bits per heavy atom. The number of carboxylic acids is 1.